The molecule has 0 atom stereocenters. The maximum absolute atomic E-state index is 13.0. The number of amides is 1. The van der Waals surface area contributed by atoms with Crippen molar-refractivity contribution < 1.29 is 40.6 Å². The van der Waals surface area contributed by atoms with E-state index in [0.29, 0.717) is 34.5 Å². The second-order valence-electron chi connectivity index (χ2n) is 7.18. The molecule has 1 amide bonds. The second kappa shape index (κ2) is 9.27. The van der Waals surface area contributed by atoms with E-state index in [9.17, 15) is 35.9 Å². The lowest BCUT2D eigenvalue weighted by molar-refractivity contribution is -0.143. The first-order chi connectivity index (χ1) is 15.8. The normalized spacial score (nSPS) is 12.0. The number of rotatable bonds is 6. The number of hydrogen-bond donors (Lipinski definition) is 2. The summed E-state index contributed by atoms with van der Waals surface area (Å²) in [5, 5.41) is 2.76. The fourth-order valence-electron chi connectivity index (χ4n) is 3.32. The highest BCUT2D eigenvalue weighted by Gasteiger charge is 2.37. The molecule has 0 bridgehead atoms. The molecule has 34 heavy (non-hydrogen) atoms. The third-order valence-electron chi connectivity index (χ3n) is 4.99. The predicted octanol–water partition coefficient (Wildman–Crippen LogP) is 4.56. The average Bonchev–Trinajstić information content (AvgIpc) is 2.77. The summed E-state index contributed by atoms with van der Waals surface area (Å²) < 4.78 is 88.5. The first kappa shape index (κ1) is 24.9. The van der Waals surface area contributed by atoms with Crippen LogP contribution in [0.25, 0.3) is 10.9 Å². The molecule has 0 aliphatic heterocycles. The SMILES string of the molecule is COc1ccc(OC)c2[nH]c(=O)c(CCNC(=O)c3cc(C(F)(F)F)cc(C(F)(F)F)c3)cc12. The Balaban J connectivity index is 1.84. The highest BCUT2D eigenvalue weighted by molar-refractivity contribution is 5.94. The third-order valence-corrected chi connectivity index (χ3v) is 4.99. The molecule has 0 radical (unpaired) electrons. The minimum absolute atomic E-state index is 0.0531. The van der Waals surface area contributed by atoms with E-state index in [1.54, 1.807) is 12.1 Å². The first-order valence-electron chi connectivity index (χ1n) is 9.69. The molecular weight excluding hydrogens is 470 g/mol. The van der Waals surface area contributed by atoms with E-state index in [1.165, 1.54) is 20.3 Å². The van der Waals surface area contributed by atoms with Gasteiger partial charge in [-0.1, -0.05) is 0 Å². The van der Waals surface area contributed by atoms with Crippen LogP contribution in [0, 0.1) is 0 Å². The van der Waals surface area contributed by atoms with Gasteiger partial charge >= 0.3 is 12.4 Å². The van der Waals surface area contributed by atoms with Crippen molar-refractivity contribution in [2.45, 2.75) is 18.8 Å². The molecule has 12 heteroatoms. The standard InChI is InChI=1S/C22H18F6N2O4/c1-33-16-3-4-17(34-2)18-15(16)9-11(20(32)30-18)5-6-29-19(31)12-7-13(21(23,24)25)10-14(8-12)22(26,27)28/h3-4,7-10H,5-6H2,1-2H3,(H,29,31)(H,30,32). The first-order valence-corrected chi connectivity index (χ1v) is 9.69. The molecule has 0 fully saturated rings. The zero-order chi connectivity index (χ0) is 25.3. The molecule has 6 nitrogen and oxygen atoms in total. The maximum Gasteiger partial charge on any atom is 0.416 e. The van der Waals surface area contributed by atoms with E-state index in [4.69, 9.17) is 9.47 Å². The van der Waals surface area contributed by atoms with Crippen molar-refractivity contribution >= 4 is 16.8 Å². The van der Waals surface area contributed by atoms with Gasteiger partial charge in [-0.05, 0) is 42.8 Å². The molecule has 0 aliphatic rings. The van der Waals surface area contributed by atoms with Crippen molar-refractivity contribution in [2.75, 3.05) is 20.8 Å². The highest BCUT2D eigenvalue weighted by Crippen LogP contribution is 2.36. The molecular formula is C22H18F6N2O4. The van der Waals surface area contributed by atoms with Gasteiger partial charge in [0.2, 0.25) is 0 Å². The van der Waals surface area contributed by atoms with E-state index in [2.05, 4.69) is 10.3 Å². The average molecular weight is 488 g/mol. The van der Waals surface area contributed by atoms with Gasteiger partial charge in [0, 0.05) is 23.1 Å². The molecule has 3 aromatic rings. The Morgan fingerprint density at radius 3 is 2.00 bits per heavy atom. The predicted molar refractivity (Wildman–Crippen MR) is 110 cm³/mol. The summed E-state index contributed by atoms with van der Waals surface area (Å²) in [6, 6.07) is 5.34. The summed E-state index contributed by atoms with van der Waals surface area (Å²) in [4.78, 5) is 27.4. The molecule has 182 valence electrons. The number of aromatic amines is 1. The summed E-state index contributed by atoms with van der Waals surface area (Å²) in [6.45, 7) is -0.225. The van der Waals surface area contributed by atoms with Gasteiger partial charge in [-0.25, -0.2) is 0 Å². The van der Waals surface area contributed by atoms with Crippen LogP contribution in [0.15, 0.2) is 41.2 Å². The Kier molecular flexibility index (Phi) is 6.80. The van der Waals surface area contributed by atoms with Gasteiger partial charge in [0.1, 0.15) is 11.5 Å². The van der Waals surface area contributed by atoms with Gasteiger partial charge in [0.25, 0.3) is 11.5 Å². The molecule has 0 unspecified atom stereocenters. The number of halogens is 6. The Morgan fingerprint density at radius 2 is 1.47 bits per heavy atom. The number of ether oxygens (including phenoxy) is 2. The lowest BCUT2D eigenvalue weighted by Crippen LogP contribution is -2.28. The van der Waals surface area contributed by atoms with Gasteiger partial charge in [0.15, 0.2) is 0 Å². The third kappa shape index (κ3) is 5.26. The van der Waals surface area contributed by atoms with Crippen molar-refractivity contribution in [3.8, 4) is 11.5 Å². The van der Waals surface area contributed by atoms with E-state index < -0.39 is 40.5 Å². The summed E-state index contributed by atoms with van der Waals surface area (Å²) >= 11 is 0. The molecule has 0 saturated carbocycles. The van der Waals surface area contributed by atoms with Crippen molar-refractivity contribution in [3.63, 3.8) is 0 Å². The second-order valence-corrected chi connectivity index (χ2v) is 7.18. The van der Waals surface area contributed by atoms with Crippen LogP contribution in [0.1, 0.15) is 27.0 Å². The van der Waals surface area contributed by atoms with Crippen molar-refractivity contribution in [1.82, 2.24) is 10.3 Å². The van der Waals surface area contributed by atoms with Gasteiger partial charge in [0.05, 0.1) is 30.9 Å². The lowest BCUT2D eigenvalue weighted by atomic mass is 10.0. The fraction of sp³-hybridized carbons (Fsp3) is 0.273. The number of carbonyl (C=O) groups excluding carboxylic acids is 1. The van der Waals surface area contributed by atoms with Crippen LogP contribution in [0.4, 0.5) is 26.3 Å². The van der Waals surface area contributed by atoms with Crippen molar-refractivity contribution in [3.05, 3.63) is 69.0 Å². The molecule has 3 rings (SSSR count). The van der Waals surface area contributed by atoms with Crippen molar-refractivity contribution in [1.29, 1.82) is 0 Å². The van der Waals surface area contributed by atoms with E-state index >= 15 is 0 Å². The number of nitrogens with one attached hydrogen (secondary N) is 2. The number of H-pyrrole nitrogens is 1. The molecule has 2 N–H and O–H groups in total. The summed E-state index contributed by atoms with van der Waals surface area (Å²) in [6.07, 6.45) is -10.2. The number of hydrogen-bond acceptors (Lipinski definition) is 4. The van der Waals surface area contributed by atoms with Gasteiger partial charge < -0.3 is 19.8 Å². The quantitative estimate of drug-likeness (QED) is 0.499. The number of methoxy groups -OCH3 is 2. The molecule has 0 saturated heterocycles. The number of benzene rings is 2. The number of alkyl halides is 6. The molecule has 2 aromatic carbocycles. The number of carbonyl (C=O) groups is 1. The summed E-state index contributed by atoms with van der Waals surface area (Å²) in [5.74, 6) is -0.327. The van der Waals surface area contributed by atoms with Crippen LogP contribution in [0.3, 0.4) is 0 Å². The number of aromatic nitrogens is 1. The van der Waals surface area contributed by atoms with E-state index in [0.717, 1.165) is 0 Å². The molecule has 1 aromatic heterocycles. The van der Waals surface area contributed by atoms with Crippen molar-refractivity contribution in [2.24, 2.45) is 0 Å². The smallest absolute Gasteiger partial charge is 0.416 e. The molecule has 0 spiro atoms. The largest absolute Gasteiger partial charge is 0.496 e. The van der Waals surface area contributed by atoms with Crippen LogP contribution in [-0.4, -0.2) is 31.7 Å². The van der Waals surface area contributed by atoms with Gasteiger partial charge in [-0.3, -0.25) is 9.59 Å². The number of pyridine rings is 1. The van der Waals surface area contributed by atoms with E-state index in [-0.39, 0.29) is 24.6 Å². The Labute approximate surface area is 188 Å². The van der Waals surface area contributed by atoms with Crippen LogP contribution in [0.5, 0.6) is 11.5 Å². The zero-order valence-corrected chi connectivity index (χ0v) is 17.8. The minimum atomic E-state index is -5.07. The minimum Gasteiger partial charge on any atom is -0.496 e. The summed E-state index contributed by atoms with van der Waals surface area (Å²) in [5.41, 5.74) is -3.92. The summed E-state index contributed by atoms with van der Waals surface area (Å²) in [7, 11) is 2.84. The van der Waals surface area contributed by atoms with E-state index in [1.807, 2.05) is 0 Å². The van der Waals surface area contributed by atoms with Gasteiger partial charge in [-0.2, -0.15) is 26.3 Å². The van der Waals surface area contributed by atoms with Gasteiger partial charge in [-0.15, -0.1) is 0 Å². The lowest BCUT2D eigenvalue weighted by Gasteiger charge is -2.14. The molecule has 0 aliphatic carbocycles. The van der Waals surface area contributed by atoms with Crippen LogP contribution in [0.2, 0.25) is 0 Å². The topological polar surface area (TPSA) is 80.4 Å². The Bertz CT molecular complexity index is 1250. The molecule has 1 heterocycles. The fourth-order valence-corrected chi connectivity index (χ4v) is 3.32. The number of fused-ring (bicyclic) bond motifs is 1. The highest BCUT2D eigenvalue weighted by atomic mass is 19.4. The monoisotopic (exact) mass is 488 g/mol. The maximum atomic E-state index is 13.0. The van der Waals surface area contributed by atoms with Crippen LogP contribution in [-0.2, 0) is 18.8 Å². The van der Waals surface area contributed by atoms with Crippen LogP contribution < -0.4 is 20.3 Å². The van der Waals surface area contributed by atoms with Crippen LogP contribution >= 0.6 is 0 Å². The Morgan fingerprint density at radius 1 is 0.912 bits per heavy atom. The zero-order valence-electron chi connectivity index (χ0n) is 17.8. The Hall–Kier alpha value is -3.70.